The van der Waals surface area contributed by atoms with E-state index >= 15 is 0 Å². The number of halogens is 1. The molecule has 1 N–H and O–H groups in total. The summed E-state index contributed by atoms with van der Waals surface area (Å²) in [6.07, 6.45) is 0. The molecule has 0 aliphatic rings. The van der Waals surface area contributed by atoms with Crippen molar-refractivity contribution in [1.29, 1.82) is 0 Å². The fourth-order valence-corrected chi connectivity index (χ4v) is 4.41. The minimum atomic E-state index is -3.79. The molecule has 2 aromatic rings. The lowest BCUT2D eigenvalue weighted by atomic mass is 10.2. The van der Waals surface area contributed by atoms with E-state index in [1.54, 1.807) is 26.0 Å². The van der Waals surface area contributed by atoms with Gasteiger partial charge in [0, 0.05) is 11.9 Å². The van der Waals surface area contributed by atoms with Crippen LogP contribution in [0, 0.1) is 13.8 Å². The molecule has 0 radical (unpaired) electrons. The average Bonchev–Trinajstić information content (AvgIpc) is 2.72. The molecular formula is C13H13ClN2O3S2. The van der Waals surface area contributed by atoms with Gasteiger partial charge in [-0.05, 0) is 31.5 Å². The van der Waals surface area contributed by atoms with Gasteiger partial charge in [-0.3, -0.25) is 9.52 Å². The standard InChI is InChI=1S/C13H13ClN2O3S2/c1-7-10(14)5-4-6-11(7)21(18,19)16-13-15-8(2)12(20-13)9(3)17/h4-6H,1-3H3,(H,15,16). The second-order valence-electron chi connectivity index (χ2n) is 4.46. The minimum Gasteiger partial charge on any atom is -0.294 e. The maximum absolute atomic E-state index is 12.4. The zero-order chi connectivity index (χ0) is 15.8. The van der Waals surface area contributed by atoms with Crippen molar-refractivity contribution in [2.75, 3.05) is 4.72 Å². The van der Waals surface area contributed by atoms with Crippen molar-refractivity contribution in [2.45, 2.75) is 25.7 Å². The average molecular weight is 345 g/mol. The van der Waals surface area contributed by atoms with Gasteiger partial charge in [-0.1, -0.05) is 29.0 Å². The Morgan fingerprint density at radius 2 is 2.00 bits per heavy atom. The first-order valence-electron chi connectivity index (χ1n) is 5.98. The number of hydrogen-bond donors (Lipinski definition) is 1. The van der Waals surface area contributed by atoms with Gasteiger partial charge in [0.05, 0.1) is 15.5 Å². The third-order valence-corrected chi connectivity index (χ3v) is 6.04. The molecule has 21 heavy (non-hydrogen) atoms. The third-order valence-electron chi connectivity index (χ3n) is 2.85. The predicted octanol–water partition coefficient (Wildman–Crippen LogP) is 3.42. The molecule has 1 heterocycles. The van der Waals surface area contributed by atoms with Gasteiger partial charge in [0.2, 0.25) is 0 Å². The highest BCUT2D eigenvalue weighted by atomic mass is 35.5. The van der Waals surface area contributed by atoms with E-state index in [-0.39, 0.29) is 15.8 Å². The van der Waals surface area contributed by atoms with E-state index in [1.807, 2.05) is 0 Å². The zero-order valence-electron chi connectivity index (χ0n) is 11.6. The number of aryl methyl sites for hydroxylation is 1. The monoisotopic (exact) mass is 344 g/mol. The molecule has 0 saturated carbocycles. The quantitative estimate of drug-likeness (QED) is 0.862. The number of hydrogen-bond acceptors (Lipinski definition) is 5. The molecule has 2 rings (SSSR count). The van der Waals surface area contributed by atoms with Crippen molar-refractivity contribution in [3.05, 3.63) is 39.4 Å². The molecule has 0 saturated heterocycles. The van der Waals surface area contributed by atoms with E-state index in [0.717, 1.165) is 11.3 Å². The number of anilines is 1. The smallest absolute Gasteiger partial charge is 0.263 e. The molecule has 1 aromatic carbocycles. The summed E-state index contributed by atoms with van der Waals surface area (Å²) in [4.78, 5) is 16.0. The summed E-state index contributed by atoms with van der Waals surface area (Å²) in [6, 6.07) is 4.66. The zero-order valence-corrected chi connectivity index (χ0v) is 14.0. The molecule has 0 amide bonds. The minimum absolute atomic E-state index is 0.0900. The van der Waals surface area contributed by atoms with Crippen LogP contribution >= 0.6 is 22.9 Å². The summed E-state index contributed by atoms with van der Waals surface area (Å²) >= 11 is 6.96. The van der Waals surface area contributed by atoms with Gasteiger partial charge in [0.1, 0.15) is 0 Å². The van der Waals surface area contributed by atoms with Crippen molar-refractivity contribution in [3.63, 3.8) is 0 Å². The third kappa shape index (κ3) is 3.25. The molecule has 0 aliphatic carbocycles. The van der Waals surface area contributed by atoms with E-state index in [1.165, 1.54) is 13.0 Å². The summed E-state index contributed by atoms with van der Waals surface area (Å²) < 4.78 is 27.1. The van der Waals surface area contributed by atoms with Crippen molar-refractivity contribution in [3.8, 4) is 0 Å². The molecule has 0 fully saturated rings. The van der Waals surface area contributed by atoms with Crippen LogP contribution in [0.15, 0.2) is 23.1 Å². The van der Waals surface area contributed by atoms with Crippen LogP contribution in [0.5, 0.6) is 0 Å². The van der Waals surface area contributed by atoms with Crippen LogP contribution in [-0.2, 0) is 10.0 Å². The normalized spacial score (nSPS) is 11.4. The fraction of sp³-hybridized carbons (Fsp3) is 0.231. The van der Waals surface area contributed by atoms with Gasteiger partial charge in [-0.2, -0.15) is 0 Å². The van der Waals surface area contributed by atoms with Gasteiger partial charge >= 0.3 is 0 Å². The number of nitrogens with one attached hydrogen (secondary N) is 1. The highest BCUT2D eigenvalue weighted by Gasteiger charge is 2.21. The number of nitrogens with zero attached hydrogens (tertiary/aromatic N) is 1. The maximum Gasteiger partial charge on any atom is 0.263 e. The molecule has 112 valence electrons. The van der Waals surface area contributed by atoms with E-state index < -0.39 is 10.0 Å². The molecule has 5 nitrogen and oxygen atoms in total. The van der Waals surface area contributed by atoms with E-state index in [4.69, 9.17) is 11.6 Å². The summed E-state index contributed by atoms with van der Waals surface area (Å²) in [7, 11) is -3.79. The molecule has 1 aromatic heterocycles. The number of ketones is 1. The van der Waals surface area contributed by atoms with E-state index in [9.17, 15) is 13.2 Å². The predicted molar refractivity (Wildman–Crippen MR) is 83.9 cm³/mol. The Morgan fingerprint density at radius 3 is 2.57 bits per heavy atom. The van der Waals surface area contributed by atoms with Crippen LogP contribution in [0.1, 0.15) is 27.9 Å². The summed E-state index contributed by atoms with van der Waals surface area (Å²) in [5.41, 5.74) is 0.972. The molecule has 0 unspecified atom stereocenters. The lowest BCUT2D eigenvalue weighted by Gasteiger charge is -2.09. The Labute approximate surface area is 132 Å². The number of benzene rings is 1. The first kappa shape index (κ1) is 15.9. The van der Waals surface area contributed by atoms with E-state index in [2.05, 4.69) is 9.71 Å². The largest absolute Gasteiger partial charge is 0.294 e. The number of rotatable bonds is 4. The lowest BCUT2D eigenvalue weighted by Crippen LogP contribution is -2.14. The number of thiazole rings is 1. The van der Waals surface area contributed by atoms with Gasteiger partial charge in [0.15, 0.2) is 10.9 Å². The van der Waals surface area contributed by atoms with Crippen LogP contribution in [0.25, 0.3) is 0 Å². The first-order valence-corrected chi connectivity index (χ1v) is 8.66. The Hall–Kier alpha value is -1.44. The summed E-state index contributed by atoms with van der Waals surface area (Å²) in [6.45, 7) is 4.71. The molecule has 0 atom stereocenters. The first-order chi connectivity index (χ1) is 9.72. The molecule has 0 aliphatic heterocycles. The maximum atomic E-state index is 12.4. The van der Waals surface area contributed by atoms with Gasteiger partial charge < -0.3 is 0 Å². The molecule has 0 bridgehead atoms. The second kappa shape index (κ2) is 5.75. The van der Waals surface area contributed by atoms with Gasteiger partial charge in [0.25, 0.3) is 10.0 Å². The number of Topliss-reactive ketones (excluding diaryl/α,β-unsaturated/α-hetero) is 1. The fourth-order valence-electron chi connectivity index (χ4n) is 1.82. The molecular weight excluding hydrogens is 332 g/mol. The Balaban J connectivity index is 2.40. The van der Waals surface area contributed by atoms with Crippen molar-refractivity contribution in [2.24, 2.45) is 0 Å². The SMILES string of the molecule is CC(=O)c1sc(NS(=O)(=O)c2cccc(Cl)c2C)nc1C. The topological polar surface area (TPSA) is 76.1 Å². The second-order valence-corrected chi connectivity index (χ2v) is 7.52. The Bertz CT molecular complexity index is 813. The molecule has 8 heteroatoms. The number of carbonyl (C=O) groups excluding carboxylic acids is 1. The highest BCUT2D eigenvalue weighted by Crippen LogP contribution is 2.28. The number of carbonyl (C=O) groups is 1. The van der Waals surface area contributed by atoms with Crippen molar-refractivity contribution in [1.82, 2.24) is 4.98 Å². The van der Waals surface area contributed by atoms with Gasteiger partial charge in [-0.15, -0.1) is 0 Å². The number of sulfonamides is 1. The van der Waals surface area contributed by atoms with Crippen LogP contribution in [0.2, 0.25) is 5.02 Å². The van der Waals surface area contributed by atoms with Crippen LogP contribution in [0.3, 0.4) is 0 Å². The lowest BCUT2D eigenvalue weighted by molar-refractivity contribution is 0.102. The summed E-state index contributed by atoms with van der Waals surface area (Å²) in [5.74, 6) is -0.144. The van der Waals surface area contributed by atoms with Crippen molar-refractivity contribution >= 4 is 43.9 Å². The highest BCUT2D eigenvalue weighted by molar-refractivity contribution is 7.93. The summed E-state index contributed by atoms with van der Waals surface area (Å²) in [5, 5.41) is 0.537. The van der Waals surface area contributed by atoms with Crippen molar-refractivity contribution < 1.29 is 13.2 Å². The molecule has 0 spiro atoms. The van der Waals surface area contributed by atoms with Crippen LogP contribution < -0.4 is 4.72 Å². The number of aromatic nitrogens is 1. The van der Waals surface area contributed by atoms with Gasteiger partial charge in [-0.25, -0.2) is 13.4 Å². The Kier molecular flexibility index (Phi) is 4.36. The Morgan fingerprint density at radius 1 is 1.33 bits per heavy atom. The van der Waals surface area contributed by atoms with Crippen LogP contribution in [0.4, 0.5) is 5.13 Å². The van der Waals surface area contributed by atoms with Crippen LogP contribution in [-0.4, -0.2) is 19.2 Å². The van der Waals surface area contributed by atoms with E-state index in [0.29, 0.717) is 21.2 Å².